The Kier molecular flexibility index (Phi) is 6.99. The number of hydrogen-bond acceptors (Lipinski definition) is 5. The van der Waals surface area contributed by atoms with E-state index in [1.807, 2.05) is 0 Å². The van der Waals surface area contributed by atoms with Crippen molar-refractivity contribution in [3.05, 3.63) is 29.3 Å². The maximum Gasteiger partial charge on any atom is 0.263 e. The Balaban J connectivity index is 1.65. The first-order valence-electron chi connectivity index (χ1n) is 8.43. The molecule has 3 amide bonds. The first-order valence-corrected chi connectivity index (χ1v) is 8.81. The van der Waals surface area contributed by atoms with Crippen molar-refractivity contribution in [2.24, 2.45) is 0 Å². The van der Waals surface area contributed by atoms with Crippen LogP contribution in [-0.2, 0) is 19.1 Å². The minimum Gasteiger partial charge on any atom is -0.478 e. The van der Waals surface area contributed by atoms with Gasteiger partial charge in [-0.3, -0.25) is 19.3 Å². The van der Waals surface area contributed by atoms with Gasteiger partial charge in [0.25, 0.3) is 5.91 Å². The van der Waals surface area contributed by atoms with Gasteiger partial charge in [0.1, 0.15) is 5.75 Å². The van der Waals surface area contributed by atoms with Crippen LogP contribution in [0.1, 0.15) is 26.7 Å². The van der Waals surface area contributed by atoms with Gasteiger partial charge in [0.15, 0.2) is 5.60 Å². The van der Waals surface area contributed by atoms with Crippen LogP contribution in [-0.4, -0.2) is 54.5 Å². The second-order valence-corrected chi connectivity index (χ2v) is 6.81. The number of hydrogen-bond donors (Lipinski definition) is 1. The second-order valence-electron chi connectivity index (χ2n) is 6.37. The van der Waals surface area contributed by atoms with Crippen LogP contribution >= 0.6 is 11.6 Å². The van der Waals surface area contributed by atoms with Crippen LogP contribution in [0, 0.1) is 0 Å². The fourth-order valence-corrected chi connectivity index (χ4v) is 2.55. The minimum atomic E-state index is -1.05. The third kappa shape index (κ3) is 5.71. The van der Waals surface area contributed by atoms with Crippen LogP contribution in [0.4, 0.5) is 0 Å². The van der Waals surface area contributed by atoms with Crippen LogP contribution in [0.25, 0.3) is 0 Å². The zero-order valence-corrected chi connectivity index (χ0v) is 15.7. The molecule has 1 aliphatic rings. The first-order chi connectivity index (χ1) is 12.3. The molecule has 0 saturated carbocycles. The molecular formula is C18H23ClN2O5. The molecule has 26 heavy (non-hydrogen) atoms. The van der Waals surface area contributed by atoms with Gasteiger partial charge in [0.2, 0.25) is 11.8 Å². The predicted molar refractivity (Wildman–Crippen MR) is 95.9 cm³/mol. The summed E-state index contributed by atoms with van der Waals surface area (Å²) >= 11 is 5.82. The van der Waals surface area contributed by atoms with Gasteiger partial charge < -0.3 is 14.8 Å². The summed E-state index contributed by atoms with van der Waals surface area (Å²) in [7, 11) is 0. The van der Waals surface area contributed by atoms with Crippen molar-refractivity contribution in [1.82, 2.24) is 10.2 Å². The number of nitrogens with one attached hydrogen (secondary N) is 1. The van der Waals surface area contributed by atoms with E-state index in [2.05, 4.69) is 5.32 Å². The summed E-state index contributed by atoms with van der Waals surface area (Å²) in [6.07, 6.45) is 0.551. The summed E-state index contributed by atoms with van der Waals surface area (Å²) in [5, 5.41) is 3.33. The number of ether oxygens (including phenoxy) is 2. The van der Waals surface area contributed by atoms with Crippen LogP contribution < -0.4 is 10.1 Å². The molecule has 0 atom stereocenters. The van der Waals surface area contributed by atoms with Crippen molar-refractivity contribution in [2.75, 3.05) is 26.3 Å². The Bertz CT molecular complexity index is 644. The summed E-state index contributed by atoms with van der Waals surface area (Å²) in [6, 6.07) is 6.77. The monoisotopic (exact) mass is 382 g/mol. The molecule has 1 fully saturated rings. The predicted octanol–water partition coefficient (Wildman–Crippen LogP) is 1.78. The lowest BCUT2D eigenvalue weighted by Crippen LogP contribution is -2.47. The number of likely N-dealkylation sites (tertiary alicyclic amines) is 1. The average molecular weight is 383 g/mol. The molecule has 1 N–H and O–H groups in total. The largest absolute Gasteiger partial charge is 0.478 e. The molecule has 142 valence electrons. The fourth-order valence-electron chi connectivity index (χ4n) is 2.42. The van der Waals surface area contributed by atoms with Crippen molar-refractivity contribution in [3.63, 3.8) is 0 Å². The van der Waals surface area contributed by atoms with Gasteiger partial charge in [-0.05, 0) is 38.1 Å². The molecule has 0 spiro atoms. The van der Waals surface area contributed by atoms with E-state index in [-0.39, 0.29) is 50.3 Å². The molecule has 0 radical (unpaired) electrons. The molecule has 8 heteroatoms. The summed E-state index contributed by atoms with van der Waals surface area (Å²) in [5.74, 6) is -0.0484. The second kappa shape index (κ2) is 9.00. The standard InChI is InChI=1S/C18H23ClN2O5/c1-18(2,26-14-5-3-13(19)4-6-14)17(24)20-9-11-25-12-10-21-15(22)7-8-16(21)23/h3-6H,7-12H2,1-2H3,(H,20,24). The number of imide groups is 1. The normalized spacial score (nSPS) is 14.7. The number of halogens is 1. The summed E-state index contributed by atoms with van der Waals surface area (Å²) in [4.78, 5) is 36.3. The molecule has 1 aromatic rings. The Morgan fingerprint density at radius 3 is 2.38 bits per heavy atom. The van der Waals surface area contributed by atoms with Crippen LogP contribution in [0.5, 0.6) is 5.75 Å². The minimum absolute atomic E-state index is 0.159. The van der Waals surface area contributed by atoms with Gasteiger partial charge in [-0.2, -0.15) is 0 Å². The fraction of sp³-hybridized carbons (Fsp3) is 0.500. The molecule has 0 aliphatic carbocycles. The quantitative estimate of drug-likeness (QED) is 0.519. The Labute approximate surface area is 157 Å². The maximum atomic E-state index is 12.2. The Hall–Kier alpha value is -2.12. The summed E-state index contributed by atoms with van der Waals surface area (Å²) < 4.78 is 11.1. The summed E-state index contributed by atoms with van der Waals surface area (Å²) in [6.45, 7) is 4.41. The lowest BCUT2D eigenvalue weighted by atomic mass is 10.1. The molecule has 1 aliphatic heterocycles. The maximum absolute atomic E-state index is 12.2. The van der Waals surface area contributed by atoms with E-state index in [4.69, 9.17) is 21.1 Å². The zero-order chi connectivity index (χ0) is 19.2. The van der Waals surface area contributed by atoms with Crippen molar-refractivity contribution in [2.45, 2.75) is 32.3 Å². The number of nitrogens with zero attached hydrogens (tertiary/aromatic N) is 1. The highest BCUT2D eigenvalue weighted by Crippen LogP contribution is 2.21. The van der Waals surface area contributed by atoms with E-state index in [9.17, 15) is 14.4 Å². The molecule has 0 unspecified atom stereocenters. The molecular weight excluding hydrogens is 360 g/mol. The highest BCUT2D eigenvalue weighted by atomic mass is 35.5. The molecule has 1 saturated heterocycles. The Morgan fingerprint density at radius 1 is 1.15 bits per heavy atom. The van der Waals surface area contributed by atoms with Crippen LogP contribution in [0.3, 0.4) is 0 Å². The highest BCUT2D eigenvalue weighted by Gasteiger charge is 2.30. The van der Waals surface area contributed by atoms with Crippen molar-refractivity contribution < 1.29 is 23.9 Å². The van der Waals surface area contributed by atoms with E-state index < -0.39 is 5.60 Å². The van der Waals surface area contributed by atoms with Gasteiger partial charge in [-0.25, -0.2) is 0 Å². The van der Waals surface area contributed by atoms with Crippen LogP contribution in [0.2, 0.25) is 5.02 Å². The van der Waals surface area contributed by atoms with E-state index in [1.165, 1.54) is 4.90 Å². The molecule has 0 bridgehead atoms. The van der Waals surface area contributed by atoms with Gasteiger partial charge >= 0.3 is 0 Å². The third-order valence-electron chi connectivity index (χ3n) is 3.88. The number of amides is 3. The van der Waals surface area contributed by atoms with Gasteiger partial charge in [-0.15, -0.1) is 0 Å². The lowest BCUT2D eigenvalue weighted by Gasteiger charge is -2.25. The zero-order valence-electron chi connectivity index (χ0n) is 14.9. The number of carbonyl (C=O) groups excluding carboxylic acids is 3. The van der Waals surface area contributed by atoms with Crippen molar-refractivity contribution >= 4 is 29.3 Å². The van der Waals surface area contributed by atoms with Gasteiger partial charge in [0.05, 0.1) is 19.8 Å². The average Bonchev–Trinajstić information content (AvgIpc) is 2.91. The Morgan fingerprint density at radius 2 is 1.77 bits per heavy atom. The lowest BCUT2D eigenvalue weighted by molar-refractivity contribution is -0.139. The van der Waals surface area contributed by atoms with E-state index in [0.717, 1.165) is 0 Å². The highest BCUT2D eigenvalue weighted by molar-refractivity contribution is 6.30. The van der Waals surface area contributed by atoms with E-state index >= 15 is 0 Å². The molecule has 0 aromatic heterocycles. The van der Waals surface area contributed by atoms with Crippen molar-refractivity contribution in [1.29, 1.82) is 0 Å². The van der Waals surface area contributed by atoms with Gasteiger partial charge in [0, 0.05) is 24.4 Å². The molecule has 2 rings (SSSR count). The topological polar surface area (TPSA) is 84.9 Å². The van der Waals surface area contributed by atoms with Crippen molar-refractivity contribution in [3.8, 4) is 5.75 Å². The number of benzene rings is 1. The molecule has 1 heterocycles. The number of carbonyl (C=O) groups is 3. The SMILES string of the molecule is CC(C)(Oc1ccc(Cl)cc1)C(=O)NCCOCCN1C(=O)CCC1=O. The smallest absolute Gasteiger partial charge is 0.263 e. The van der Waals surface area contributed by atoms with Gasteiger partial charge in [-0.1, -0.05) is 11.6 Å². The first kappa shape index (κ1) is 20.2. The third-order valence-corrected chi connectivity index (χ3v) is 4.13. The van der Waals surface area contributed by atoms with E-state index in [0.29, 0.717) is 17.3 Å². The number of rotatable bonds is 9. The molecule has 7 nitrogen and oxygen atoms in total. The summed E-state index contributed by atoms with van der Waals surface area (Å²) in [5.41, 5.74) is -1.05. The van der Waals surface area contributed by atoms with Crippen LogP contribution in [0.15, 0.2) is 24.3 Å². The molecule has 1 aromatic carbocycles. The van der Waals surface area contributed by atoms with E-state index in [1.54, 1.807) is 38.1 Å².